The van der Waals surface area contributed by atoms with E-state index in [1.807, 2.05) is 0 Å². The molecule has 0 radical (unpaired) electrons. The van der Waals surface area contributed by atoms with Gasteiger partial charge in [0.2, 0.25) is 0 Å². The molecule has 1 aliphatic rings. The fourth-order valence-electron chi connectivity index (χ4n) is 1.75. The van der Waals surface area contributed by atoms with Crippen LogP contribution in [-0.2, 0) is 4.74 Å². The Balaban J connectivity index is 2.78. The molecule has 0 aromatic carbocycles. The monoisotopic (exact) mass is 154 g/mol. The molecule has 1 unspecified atom stereocenters. The largest absolute Gasteiger partial charge is 0.501 e. The summed E-state index contributed by atoms with van der Waals surface area (Å²) in [7, 11) is 1.78. The van der Waals surface area contributed by atoms with E-state index < -0.39 is 0 Å². The molecule has 0 aliphatic heterocycles. The summed E-state index contributed by atoms with van der Waals surface area (Å²) in [6.07, 6.45) is 2.41. The third-order valence-electron chi connectivity index (χ3n) is 3.05. The van der Waals surface area contributed by atoms with Gasteiger partial charge in [0, 0.05) is 6.42 Å². The molecule has 0 saturated carbocycles. The minimum atomic E-state index is 0.707. The normalized spacial score (nSPS) is 32.4. The smallest absolute Gasteiger partial charge is 0.0947 e. The SMILES string of the molecule is COC1=C(C)[C@H](C)C(C)CC1. The molecule has 0 heterocycles. The topological polar surface area (TPSA) is 9.23 Å². The molecule has 0 N–H and O–H groups in total. The maximum atomic E-state index is 5.30. The van der Waals surface area contributed by atoms with Crippen molar-refractivity contribution >= 4 is 0 Å². The summed E-state index contributed by atoms with van der Waals surface area (Å²) in [5.41, 5.74) is 1.45. The summed E-state index contributed by atoms with van der Waals surface area (Å²) < 4.78 is 5.30. The minimum absolute atomic E-state index is 0.707. The summed E-state index contributed by atoms with van der Waals surface area (Å²) in [4.78, 5) is 0. The van der Waals surface area contributed by atoms with Crippen LogP contribution < -0.4 is 0 Å². The Hall–Kier alpha value is -0.460. The first-order valence-electron chi connectivity index (χ1n) is 4.40. The van der Waals surface area contributed by atoms with Gasteiger partial charge >= 0.3 is 0 Å². The molecule has 0 bridgehead atoms. The van der Waals surface area contributed by atoms with Crippen molar-refractivity contribution in [3.63, 3.8) is 0 Å². The highest BCUT2D eigenvalue weighted by atomic mass is 16.5. The zero-order chi connectivity index (χ0) is 8.43. The summed E-state index contributed by atoms with van der Waals surface area (Å²) in [6.45, 7) is 6.80. The highest BCUT2D eigenvalue weighted by molar-refractivity contribution is 5.13. The average Bonchev–Trinajstić information content (AvgIpc) is 2.01. The first kappa shape index (κ1) is 8.63. The Bertz CT molecular complexity index is 170. The quantitative estimate of drug-likeness (QED) is 0.564. The highest BCUT2D eigenvalue weighted by Crippen LogP contribution is 2.33. The molecule has 1 nitrogen and oxygen atoms in total. The molecule has 0 aromatic heterocycles. The summed E-state index contributed by atoms with van der Waals surface area (Å²) in [6, 6.07) is 0. The fourth-order valence-corrected chi connectivity index (χ4v) is 1.75. The number of ether oxygens (including phenoxy) is 1. The van der Waals surface area contributed by atoms with Crippen molar-refractivity contribution in [1.82, 2.24) is 0 Å². The van der Waals surface area contributed by atoms with E-state index in [-0.39, 0.29) is 0 Å². The Morgan fingerprint density at radius 1 is 1.36 bits per heavy atom. The van der Waals surface area contributed by atoms with Crippen LogP contribution in [0, 0.1) is 11.8 Å². The minimum Gasteiger partial charge on any atom is -0.501 e. The van der Waals surface area contributed by atoms with E-state index in [4.69, 9.17) is 4.74 Å². The van der Waals surface area contributed by atoms with Crippen molar-refractivity contribution in [3.8, 4) is 0 Å². The van der Waals surface area contributed by atoms with Crippen molar-refractivity contribution in [2.45, 2.75) is 33.6 Å². The molecule has 0 amide bonds. The van der Waals surface area contributed by atoms with Crippen LogP contribution in [0.3, 0.4) is 0 Å². The second kappa shape index (κ2) is 3.29. The van der Waals surface area contributed by atoms with E-state index in [1.165, 1.54) is 17.8 Å². The molecule has 0 saturated heterocycles. The van der Waals surface area contributed by atoms with E-state index in [9.17, 15) is 0 Å². The van der Waals surface area contributed by atoms with Crippen LogP contribution >= 0.6 is 0 Å². The van der Waals surface area contributed by atoms with Crippen molar-refractivity contribution in [1.29, 1.82) is 0 Å². The predicted molar refractivity (Wildman–Crippen MR) is 47.3 cm³/mol. The van der Waals surface area contributed by atoms with Gasteiger partial charge in [0.05, 0.1) is 12.9 Å². The number of allylic oxidation sites excluding steroid dienone is 2. The standard InChI is InChI=1S/C10H18O/c1-7-5-6-10(11-4)9(3)8(7)2/h7-8H,5-6H2,1-4H3/t7?,8-/m1/s1. The molecule has 1 heteroatoms. The predicted octanol–water partition coefficient (Wildman–Crippen LogP) is 2.97. The van der Waals surface area contributed by atoms with E-state index in [0.29, 0.717) is 5.92 Å². The van der Waals surface area contributed by atoms with E-state index in [0.717, 1.165) is 12.3 Å². The maximum absolute atomic E-state index is 5.30. The van der Waals surface area contributed by atoms with Crippen LogP contribution in [0.2, 0.25) is 0 Å². The van der Waals surface area contributed by atoms with Gasteiger partial charge in [-0.15, -0.1) is 0 Å². The molecule has 2 atom stereocenters. The van der Waals surface area contributed by atoms with E-state index in [2.05, 4.69) is 20.8 Å². The van der Waals surface area contributed by atoms with Crippen LogP contribution in [0.4, 0.5) is 0 Å². The molecule has 0 fully saturated rings. The molecular weight excluding hydrogens is 136 g/mol. The van der Waals surface area contributed by atoms with Gasteiger partial charge in [0.1, 0.15) is 0 Å². The number of methoxy groups -OCH3 is 1. The van der Waals surface area contributed by atoms with Crippen molar-refractivity contribution < 1.29 is 4.74 Å². The van der Waals surface area contributed by atoms with Crippen LogP contribution in [0.5, 0.6) is 0 Å². The zero-order valence-corrected chi connectivity index (χ0v) is 7.98. The van der Waals surface area contributed by atoms with Crippen molar-refractivity contribution in [2.75, 3.05) is 7.11 Å². The highest BCUT2D eigenvalue weighted by Gasteiger charge is 2.22. The van der Waals surface area contributed by atoms with Gasteiger partial charge in [-0.3, -0.25) is 0 Å². The average molecular weight is 154 g/mol. The van der Waals surface area contributed by atoms with E-state index >= 15 is 0 Å². The molecule has 11 heavy (non-hydrogen) atoms. The molecule has 1 aliphatic carbocycles. The van der Waals surface area contributed by atoms with Gasteiger partial charge in [-0.05, 0) is 30.8 Å². The number of rotatable bonds is 1. The third-order valence-corrected chi connectivity index (χ3v) is 3.05. The summed E-state index contributed by atoms with van der Waals surface area (Å²) in [5.74, 6) is 2.75. The van der Waals surface area contributed by atoms with Crippen LogP contribution in [-0.4, -0.2) is 7.11 Å². The lowest BCUT2D eigenvalue weighted by Crippen LogP contribution is -2.17. The third kappa shape index (κ3) is 1.58. The number of hydrogen-bond acceptors (Lipinski definition) is 1. The first-order chi connectivity index (χ1) is 5.16. The lowest BCUT2D eigenvalue weighted by atomic mass is 9.80. The Kier molecular flexibility index (Phi) is 2.58. The van der Waals surface area contributed by atoms with Crippen molar-refractivity contribution in [2.24, 2.45) is 11.8 Å². The van der Waals surface area contributed by atoms with Crippen LogP contribution in [0.15, 0.2) is 11.3 Å². The fraction of sp³-hybridized carbons (Fsp3) is 0.800. The Morgan fingerprint density at radius 3 is 2.55 bits per heavy atom. The summed E-state index contributed by atoms with van der Waals surface area (Å²) >= 11 is 0. The van der Waals surface area contributed by atoms with E-state index in [1.54, 1.807) is 7.11 Å². The van der Waals surface area contributed by atoms with Gasteiger partial charge in [-0.2, -0.15) is 0 Å². The number of hydrogen-bond donors (Lipinski definition) is 0. The second-order valence-electron chi connectivity index (χ2n) is 3.61. The maximum Gasteiger partial charge on any atom is 0.0947 e. The molecular formula is C10H18O. The summed E-state index contributed by atoms with van der Waals surface area (Å²) in [5, 5.41) is 0. The van der Waals surface area contributed by atoms with Crippen LogP contribution in [0.1, 0.15) is 33.6 Å². The Morgan fingerprint density at radius 2 is 2.00 bits per heavy atom. The van der Waals surface area contributed by atoms with Gasteiger partial charge in [0.15, 0.2) is 0 Å². The van der Waals surface area contributed by atoms with Crippen LogP contribution in [0.25, 0.3) is 0 Å². The van der Waals surface area contributed by atoms with Crippen molar-refractivity contribution in [3.05, 3.63) is 11.3 Å². The van der Waals surface area contributed by atoms with Gasteiger partial charge in [-0.25, -0.2) is 0 Å². The molecule has 1 rings (SSSR count). The first-order valence-corrected chi connectivity index (χ1v) is 4.40. The molecule has 0 aromatic rings. The second-order valence-corrected chi connectivity index (χ2v) is 3.61. The lowest BCUT2D eigenvalue weighted by molar-refractivity contribution is 0.230. The zero-order valence-electron chi connectivity index (χ0n) is 7.98. The Labute approximate surface area is 69.4 Å². The lowest BCUT2D eigenvalue weighted by Gasteiger charge is -2.28. The van der Waals surface area contributed by atoms with Gasteiger partial charge < -0.3 is 4.74 Å². The van der Waals surface area contributed by atoms with Gasteiger partial charge in [0.25, 0.3) is 0 Å². The molecule has 0 spiro atoms. The molecule has 64 valence electrons. The van der Waals surface area contributed by atoms with Gasteiger partial charge in [-0.1, -0.05) is 13.8 Å².